The van der Waals surface area contributed by atoms with Crippen molar-refractivity contribution in [2.24, 2.45) is 5.92 Å². The van der Waals surface area contributed by atoms with Crippen LogP contribution in [0.25, 0.3) is 0 Å². The van der Waals surface area contributed by atoms with Crippen molar-refractivity contribution in [1.82, 2.24) is 14.5 Å². The quantitative estimate of drug-likeness (QED) is 0.729. The third kappa shape index (κ3) is 5.20. The van der Waals surface area contributed by atoms with E-state index in [2.05, 4.69) is 5.32 Å². The molecular weight excluding hydrogens is 370 g/mol. The molecule has 1 aromatic rings. The van der Waals surface area contributed by atoms with Crippen LogP contribution >= 0.6 is 0 Å². The van der Waals surface area contributed by atoms with E-state index in [4.69, 9.17) is 5.11 Å². The Bertz CT molecular complexity index is 760. The summed E-state index contributed by atoms with van der Waals surface area (Å²) < 4.78 is 26.3. The van der Waals surface area contributed by atoms with Crippen LogP contribution < -0.4 is 5.32 Å². The van der Waals surface area contributed by atoms with Crippen molar-refractivity contribution in [3.05, 3.63) is 29.8 Å². The number of carboxylic acid groups (broad SMARTS) is 1. The molecule has 1 aliphatic rings. The number of rotatable bonds is 7. The molecular formula is C18H27N3O5S. The topological polar surface area (TPSA) is 107 Å². The van der Waals surface area contributed by atoms with Gasteiger partial charge in [-0.1, -0.05) is 26.0 Å². The molecule has 2 rings (SSSR count). The summed E-state index contributed by atoms with van der Waals surface area (Å²) in [6.07, 6.45) is 1.25. The van der Waals surface area contributed by atoms with Crippen molar-refractivity contribution in [2.45, 2.75) is 38.1 Å². The molecule has 0 radical (unpaired) electrons. The first-order valence-corrected chi connectivity index (χ1v) is 10.6. The molecule has 1 saturated heterocycles. The van der Waals surface area contributed by atoms with Crippen molar-refractivity contribution in [2.75, 3.05) is 26.2 Å². The van der Waals surface area contributed by atoms with Gasteiger partial charge in [0.1, 0.15) is 0 Å². The second-order valence-electron chi connectivity index (χ2n) is 6.52. The van der Waals surface area contributed by atoms with Crippen LogP contribution in [-0.2, 0) is 21.4 Å². The number of carboxylic acids is 1. The van der Waals surface area contributed by atoms with Crippen LogP contribution in [0.3, 0.4) is 0 Å². The average molecular weight is 397 g/mol. The Labute approximate surface area is 160 Å². The highest BCUT2D eigenvalue weighted by Crippen LogP contribution is 2.18. The molecule has 1 atom stereocenters. The van der Waals surface area contributed by atoms with E-state index in [1.165, 1.54) is 21.3 Å². The Balaban J connectivity index is 1.95. The van der Waals surface area contributed by atoms with E-state index in [-0.39, 0.29) is 24.0 Å². The number of aliphatic carboxylic acids is 1. The highest BCUT2D eigenvalue weighted by atomic mass is 32.2. The van der Waals surface area contributed by atoms with Crippen LogP contribution in [0.5, 0.6) is 0 Å². The van der Waals surface area contributed by atoms with Crippen molar-refractivity contribution < 1.29 is 23.1 Å². The van der Waals surface area contributed by atoms with Gasteiger partial charge in [-0.2, -0.15) is 4.31 Å². The summed E-state index contributed by atoms with van der Waals surface area (Å²) in [5, 5.41) is 11.9. The fourth-order valence-electron chi connectivity index (χ4n) is 3.14. The third-order valence-corrected chi connectivity index (χ3v) is 6.83. The number of hydrogen-bond acceptors (Lipinski definition) is 4. The van der Waals surface area contributed by atoms with Crippen LogP contribution in [0, 0.1) is 5.92 Å². The molecule has 150 valence electrons. The van der Waals surface area contributed by atoms with Gasteiger partial charge in [-0.15, -0.1) is 0 Å². The maximum Gasteiger partial charge on any atom is 0.317 e. The lowest BCUT2D eigenvalue weighted by atomic mass is 9.99. The molecule has 1 aliphatic heterocycles. The number of carbonyl (C=O) groups excluding carboxylic acids is 1. The largest absolute Gasteiger partial charge is 0.481 e. The summed E-state index contributed by atoms with van der Waals surface area (Å²) >= 11 is 0. The zero-order valence-electron chi connectivity index (χ0n) is 15.7. The number of urea groups is 1. The van der Waals surface area contributed by atoms with Crippen LogP contribution in [-0.4, -0.2) is 60.9 Å². The van der Waals surface area contributed by atoms with Gasteiger partial charge in [-0.3, -0.25) is 4.79 Å². The lowest BCUT2D eigenvalue weighted by molar-refractivity contribution is -0.143. The predicted octanol–water partition coefficient (Wildman–Crippen LogP) is 1.72. The smallest absolute Gasteiger partial charge is 0.317 e. The zero-order valence-corrected chi connectivity index (χ0v) is 16.5. The number of amides is 2. The van der Waals surface area contributed by atoms with Crippen molar-refractivity contribution in [3.8, 4) is 0 Å². The molecule has 0 aliphatic carbocycles. The second-order valence-corrected chi connectivity index (χ2v) is 8.45. The lowest BCUT2D eigenvalue weighted by Crippen LogP contribution is -2.46. The van der Waals surface area contributed by atoms with E-state index in [0.717, 1.165) is 5.56 Å². The van der Waals surface area contributed by atoms with Gasteiger partial charge in [0, 0.05) is 32.7 Å². The molecule has 27 heavy (non-hydrogen) atoms. The zero-order chi connectivity index (χ0) is 20.0. The van der Waals surface area contributed by atoms with Crippen molar-refractivity contribution in [3.63, 3.8) is 0 Å². The minimum Gasteiger partial charge on any atom is -0.481 e. The van der Waals surface area contributed by atoms with Crippen molar-refractivity contribution >= 4 is 22.0 Å². The van der Waals surface area contributed by atoms with E-state index < -0.39 is 21.9 Å². The van der Waals surface area contributed by atoms with Gasteiger partial charge in [-0.05, 0) is 30.5 Å². The molecule has 9 heteroatoms. The summed E-state index contributed by atoms with van der Waals surface area (Å²) in [5.41, 5.74) is 0.772. The van der Waals surface area contributed by atoms with E-state index in [9.17, 15) is 18.0 Å². The van der Waals surface area contributed by atoms with Crippen LogP contribution in [0.2, 0.25) is 0 Å². The number of piperidine rings is 1. The monoisotopic (exact) mass is 397 g/mol. The molecule has 2 N–H and O–H groups in total. The van der Waals surface area contributed by atoms with E-state index in [1.54, 1.807) is 26.0 Å². The summed E-state index contributed by atoms with van der Waals surface area (Å²) in [4.78, 5) is 25.1. The highest BCUT2D eigenvalue weighted by Gasteiger charge is 2.28. The number of sulfonamides is 1. The second kappa shape index (κ2) is 9.18. The lowest BCUT2D eigenvalue weighted by Gasteiger charge is -2.30. The maximum absolute atomic E-state index is 12.5. The van der Waals surface area contributed by atoms with E-state index in [1.807, 2.05) is 0 Å². The Morgan fingerprint density at radius 1 is 1.22 bits per heavy atom. The standard InChI is InChI=1S/C18H27N3O5S/c1-3-21(4-2)27(25,26)16-9-7-14(8-10-16)12-19-18(24)20-11-5-6-15(13-20)17(22)23/h7-10,15H,3-6,11-13H2,1-2H3,(H,19,24)(H,22,23). The first-order chi connectivity index (χ1) is 12.8. The van der Waals surface area contributed by atoms with Crippen molar-refractivity contribution in [1.29, 1.82) is 0 Å². The average Bonchev–Trinajstić information content (AvgIpc) is 2.67. The number of carbonyl (C=O) groups is 2. The number of likely N-dealkylation sites (tertiary alicyclic amines) is 1. The fourth-order valence-corrected chi connectivity index (χ4v) is 4.60. The van der Waals surface area contributed by atoms with Gasteiger partial charge in [0.15, 0.2) is 0 Å². The molecule has 1 unspecified atom stereocenters. The molecule has 0 aromatic heterocycles. The Kier molecular flexibility index (Phi) is 7.20. The third-order valence-electron chi connectivity index (χ3n) is 4.77. The number of benzene rings is 1. The van der Waals surface area contributed by atoms with E-state index in [0.29, 0.717) is 32.5 Å². The van der Waals surface area contributed by atoms with Gasteiger partial charge in [0.05, 0.1) is 10.8 Å². The summed E-state index contributed by atoms with van der Waals surface area (Å²) in [5.74, 6) is -1.40. The van der Waals surface area contributed by atoms with Gasteiger partial charge in [-0.25, -0.2) is 13.2 Å². The van der Waals surface area contributed by atoms with Gasteiger partial charge in [0.25, 0.3) is 0 Å². The van der Waals surface area contributed by atoms with Crippen LogP contribution in [0.1, 0.15) is 32.3 Å². The number of nitrogens with one attached hydrogen (secondary N) is 1. The first-order valence-electron chi connectivity index (χ1n) is 9.14. The molecule has 1 heterocycles. The Hall–Kier alpha value is -2.13. The van der Waals surface area contributed by atoms with Gasteiger partial charge >= 0.3 is 12.0 Å². The molecule has 1 aromatic carbocycles. The molecule has 1 fully saturated rings. The minimum absolute atomic E-state index is 0.211. The fraction of sp³-hybridized carbons (Fsp3) is 0.556. The summed E-state index contributed by atoms with van der Waals surface area (Å²) in [7, 11) is -3.50. The van der Waals surface area contributed by atoms with Gasteiger partial charge < -0.3 is 15.3 Å². The molecule has 2 amide bonds. The minimum atomic E-state index is -3.50. The van der Waals surface area contributed by atoms with E-state index >= 15 is 0 Å². The molecule has 0 spiro atoms. The predicted molar refractivity (Wildman–Crippen MR) is 101 cm³/mol. The Morgan fingerprint density at radius 3 is 2.41 bits per heavy atom. The number of nitrogens with zero attached hydrogens (tertiary/aromatic N) is 2. The van der Waals surface area contributed by atoms with Crippen LogP contribution in [0.15, 0.2) is 29.2 Å². The first kappa shape index (κ1) is 21.2. The Morgan fingerprint density at radius 2 is 1.85 bits per heavy atom. The summed E-state index contributed by atoms with van der Waals surface area (Å²) in [6, 6.07) is 6.12. The van der Waals surface area contributed by atoms with Gasteiger partial charge in [0.2, 0.25) is 10.0 Å². The maximum atomic E-state index is 12.5. The highest BCUT2D eigenvalue weighted by molar-refractivity contribution is 7.89. The SMILES string of the molecule is CCN(CC)S(=O)(=O)c1ccc(CNC(=O)N2CCCC(C(=O)O)C2)cc1. The van der Waals surface area contributed by atoms with Crippen LogP contribution in [0.4, 0.5) is 4.79 Å². The molecule has 0 saturated carbocycles. The molecule has 8 nitrogen and oxygen atoms in total. The normalized spacial score (nSPS) is 17.7. The molecule has 0 bridgehead atoms. The number of hydrogen-bond donors (Lipinski definition) is 2. The summed E-state index contributed by atoms with van der Waals surface area (Å²) in [6.45, 7) is 5.39.